The Morgan fingerprint density at radius 1 is 0.976 bits per heavy atom. The summed E-state index contributed by atoms with van der Waals surface area (Å²) < 4.78 is 11.8. The number of nitrogens with one attached hydrogen (secondary N) is 1. The molecule has 1 saturated heterocycles. The minimum atomic E-state index is -0.969. The van der Waals surface area contributed by atoms with Crippen molar-refractivity contribution < 1.29 is 19.1 Å². The Labute approximate surface area is 263 Å². The molecule has 1 fully saturated rings. The second-order valence-electron chi connectivity index (χ2n) is 10.1. The number of fused-ring (bicyclic) bond motifs is 1. The highest BCUT2D eigenvalue weighted by Gasteiger charge is 2.19. The highest BCUT2D eigenvalue weighted by Crippen LogP contribution is 2.40. The van der Waals surface area contributed by atoms with Gasteiger partial charge in [-0.2, -0.15) is 0 Å². The number of thiophene rings is 1. The third kappa shape index (κ3) is 8.46. The number of anilines is 1. The van der Waals surface area contributed by atoms with E-state index in [-0.39, 0.29) is 31.2 Å². The number of hydrogen-bond donors (Lipinski definition) is 2. The van der Waals surface area contributed by atoms with Gasteiger partial charge in [-0.1, -0.05) is 42.5 Å². The van der Waals surface area contributed by atoms with Crippen molar-refractivity contribution in [1.29, 1.82) is 0 Å². The van der Waals surface area contributed by atoms with E-state index in [9.17, 15) is 9.59 Å². The quantitative estimate of drug-likeness (QED) is 0.189. The number of hydrogen-bond acceptors (Lipinski definition) is 7. The molecular formula is C32H37Cl2N3O4S. The molecule has 10 heteroatoms. The number of rotatable bonds is 11. The Morgan fingerprint density at radius 3 is 2.36 bits per heavy atom. The number of carbonyl (C=O) groups is 2. The van der Waals surface area contributed by atoms with E-state index < -0.39 is 17.9 Å². The minimum Gasteiger partial charge on any atom is -0.492 e. The predicted molar refractivity (Wildman–Crippen MR) is 175 cm³/mol. The van der Waals surface area contributed by atoms with Gasteiger partial charge in [-0.15, -0.1) is 36.2 Å². The van der Waals surface area contributed by atoms with Crippen molar-refractivity contribution in [2.45, 2.75) is 31.7 Å². The molecule has 42 heavy (non-hydrogen) atoms. The first kappa shape index (κ1) is 33.4. The Balaban J connectivity index is 0.00000242. The summed E-state index contributed by atoms with van der Waals surface area (Å²) in [7, 11) is 1.27. The third-order valence-corrected chi connectivity index (χ3v) is 8.51. The van der Waals surface area contributed by atoms with E-state index in [1.807, 2.05) is 24.3 Å². The molecule has 1 aromatic heterocycles. The van der Waals surface area contributed by atoms with Crippen molar-refractivity contribution in [3.05, 3.63) is 83.9 Å². The molecule has 1 atom stereocenters. The van der Waals surface area contributed by atoms with Crippen LogP contribution in [0.1, 0.15) is 30.4 Å². The van der Waals surface area contributed by atoms with Crippen molar-refractivity contribution in [2.75, 3.05) is 38.7 Å². The van der Waals surface area contributed by atoms with E-state index in [0.717, 1.165) is 24.3 Å². The average molecular weight is 631 g/mol. The van der Waals surface area contributed by atoms with Crippen LogP contribution in [0.4, 0.5) is 5.69 Å². The molecule has 0 aliphatic carbocycles. The summed E-state index contributed by atoms with van der Waals surface area (Å²) in [6.45, 7) is 4.06. The van der Waals surface area contributed by atoms with Gasteiger partial charge in [0.2, 0.25) is 5.91 Å². The SMILES string of the molecule is COC(=O)C[C@H](N)C(=O)Nc1ccc(-c2sc3ccccc3c2Cc2ccc(OCCN3CCCC3)cc2)cc1.Cl.Cl. The first-order valence-electron chi connectivity index (χ1n) is 13.7. The lowest BCUT2D eigenvalue weighted by Crippen LogP contribution is -2.37. The highest BCUT2D eigenvalue weighted by atomic mass is 35.5. The van der Waals surface area contributed by atoms with Gasteiger partial charge in [-0.3, -0.25) is 14.5 Å². The van der Waals surface area contributed by atoms with Crippen LogP contribution < -0.4 is 15.8 Å². The summed E-state index contributed by atoms with van der Waals surface area (Å²) in [5, 5.41) is 4.03. The zero-order valence-electron chi connectivity index (χ0n) is 23.5. The monoisotopic (exact) mass is 629 g/mol. The molecule has 0 saturated carbocycles. The summed E-state index contributed by atoms with van der Waals surface area (Å²) in [5.41, 5.74) is 10.0. The molecule has 0 unspecified atom stereocenters. The van der Waals surface area contributed by atoms with Gasteiger partial charge in [-0.05, 0) is 84.8 Å². The topological polar surface area (TPSA) is 93.9 Å². The standard InChI is InChI=1S/C32H35N3O4S.2ClH/c1-38-30(36)21-28(33)32(37)34-24-12-10-23(11-13-24)31-27(26-6-2-3-7-29(26)40-31)20-22-8-14-25(15-9-22)39-19-18-35-16-4-5-17-35;;/h2-3,6-15,28H,4-5,16-21,33H2,1H3,(H,34,37);2*1H/t28-;;/m0../s1. The zero-order chi connectivity index (χ0) is 27.9. The fraction of sp³-hybridized carbons (Fsp3) is 0.312. The Morgan fingerprint density at radius 2 is 1.67 bits per heavy atom. The van der Waals surface area contributed by atoms with Crippen molar-refractivity contribution in [1.82, 2.24) is 4.90 Å². The summed E-state index contributed by atoms with van der Waals surface area (Å²) in [6.07, 6.45) is 3.22. The van der Waals surface area contributed by atoms with Gasteiger partial charge in [0, 0.05) is 21.8 Å². The van der Waals surface area contributed by atoms with Gasteiger partial charge >= 0.3 is 5.97 Å². The molecule has 1 amide bonds. The molecule has 3 aromatic carbocycles. The van der Waals surface area contributed by atoms with E-state index in [1.165, 1.54) is 59.1 Å². The number of methoxy groups -OCH3 is 1. The first-order chi connectivity index (χ1) is 19.5. The molecule has 7 nitrogen and oxygen atoms in total. The minimum absolute atomic E-state index is 0. The van der Waals surface area contributed by atoms with Crippen LogP contribution in [0.15, 0.2) is 72.8 Å². The molecule has 0 bridgehead atoms. The van der Waals surface area contributed by atoms with Gasteiger partial charge in [0.1, 0.15) is 12.4 Å². The number of nitrogens with zero attached hydrogens (tertiary/aromatic N) is 1. The zero-order valence-corrected chi connectivity index (χ0v) is 26.0. The molecule has 0 spiro atoms. The molecule has 224 valence electrons. The van der Waals surface area contributed by atoms with Crippen molar-refractivity contribution in [2.24, 2.45) is 5.73 Å². The summed E-state index contributed by atoms with van der Waals surface area (Å²) in [6, 6.07) is 23.7. The summed E-state index contributed by atoms with van der Waals surface area (Å²) in [4.78, 5) is 27.5. The fourth-order valence-corrected chi connectivity index (χ4v) is 6.24. The largest absolute Gasteiger partial charge is 0.492 e. The molecule has 1 aliphatic heterocycles. The molecule has 4 aromatic rings. The lowest BCUT2D eigenvalue weighted by atomic mass is 9.99. The maximum atomic E-state index is 12.4. The fourth-order valence-electron chi connectivity index (χ4n) is 5.01. The number of halogens is 2. The summed E-state index contributed by atoms with van der Waals surface area (Å²) in [5.74, 6) is -0.0403. The second-order valence-corrected chi connectivity index (χ2v) is 11.1. The van der Waals surface area contributed by atoms with Crippen LogP contribution in [0, 0.1) is 0 Å². The highest BCUT2D eigenvalue weighted by molar-refractivity contribution is 7.22. The van der Waals surface area contributed by atoms with Crippen LogP contribution in [0.3, 0.4) is 0 Å². The maximum Gasteiger partial charge on any atom is 0.307 e. The van der Waals surface area contributed by atoms with E-state index >= 15 is 0 Å². The smallest absolute Gasteiger partial charge is 0.307 e. The second kappa shape index (κ2) is 15.9. The number of likely N-dealkylation sites (tertiary alicyclic amines) is 1. The van der Waals surface area contributed by atoms with Crippen LogP contribution in [0.5, 0.6) is 5.75 Å². The molecule has 1 aliphatic rings. The van der Waals surface area contributed by atoms with E-state index in [1.54, 1.807) is 11.3 Å². The number of amides is 1. The number of ether oxygens (including phenoxy) is 2. The Kier molecular flexibility index (Phi) is 12.6. The van der Waals surface area contributed by atoms with E-state index in [4.69, 9.17) is 10.5 Å². The molecular weight excluding hydrogens is 593 g/mol. The van der Waals surface area contributed by atoms with Crippen molar-refractivity contribution >= 4 is 63.8 Å². The van der Waals surface area contributed by atoms with Gasteiger partial charge in [0.25, 0.3) is 0 Å². The molecule has 2 heterocycles. The number of nitrogens with two attached hydrogens (primary N) is 1. The van der Waals surface area contributed by atoms with Crippen molar-refractivity contribution in [3.8, 4) is 16.2 Å². The average Bonchev–Trinajstić information content (AvgIpc) is 3.62. The van der Waals surface area contributed by atoms with Crippen LogP contribution in [0.25, 0.3) is 20.5 Å². The Hall–Kier alpha value is -3.14. The summed E-state index contributed by atoms with van der Waals surface area (Å²) >= 11 is 1.77. The van der Waals surface area contributed by atoms with Crippen LogP contribution >= 0.6 is 36.2 Å². The number of carbonyl (C=O) groups excluding carboxylic acids is 2. The van der Waals surface area contributed by atoms with Gasteiger partial charge < -0.3 is 20.5 Å². The number of benzene rings is 3. The van der Waals surface area contributed by atoms with Crippen LogP contribution in [-0.2, 0) is 20.7 Å². The van der Waals surface area contributed by atoms with Crippen molar-refractivity contribution in [3.63, 3.8) is 0 Å². The van der Waals surface area contributed by atoms with Crippen LogP contribution in [0.2, 0.25) is 0 Å². The molecule has 0 radical (unpaired) electrons. The lowest BCUT2D eigenvalue weighted by Gasteiger charge is -2.15. The third-order valence-electron chi connectivity index (χ3n) is 7.24. The van der Waals surface area contributed by atoms with Gasteiger partial charge in [0.05, 0.1) is 19.6 Å². The lowest BCUT2D eigenvalue weighted by molar-refractivity contribution is -0.142. The van der Waals surface area contributed by atoms with E-state index in [2.05, 4.69) is 63.5 Å². The molecule has 3 N–H and O–H groups in total. The predicted octanol–water partition coefficient (Wildman–Crippen LogP) is 6.31. The van der Waals surface area contributed by atoms with Gasteiger partial charge in [0.15, 0.2) is 0 Å². The first-order valence-corrected chi connectivity index (χ1v) is 14.5. The van der Waals surface area contributed by atoms with E-state index in [0.29, 0.717) is 12.3 Å². The number of esters is 1. The van der Waals surface area contributed by atoms with Crippen LogP contribution in [-0.4, -0.2) is 56.2 Å². The maximum absolute atomic E-state index is 12.4. The molecule has 5 rings (SSSR count). The Bertz CT molecular complexity index is 1460. The van der Waals surface area contributed by atoms with Gasteiger partial charge in [-0.25, -0.2) is 0 Å². The normalized spacial score (nSPS) is 13.6.